The molecule has 35 heavy (non-hydrogen) atoms. The number of hydrogen-bond acceptors (Lipinski definition) is 6. The van der Waals surface area contributed by atoms with Crippen molar-refractivity contribution in [2.45, 2.75) is 4.90 Å². The maximum Gasteiger partial charge on any atom is 0.343 e. The highest BCUT2D eigenvalue weighted by molar-refractivity contribution is 7.89. The molecule has 0 radical (unpaired) electrons. The Morgan fingerprint density at radius 2 is 1.49 bits per heavy atom. The Morgan fingerprint density at radius 3 is 2.23 bits per heavy atom. The minimum atomic E-state index is -3.83. The Bertz CT molecular complexity index is 1490. The quantitative estimate of drug-likeness (QED) is 0.171. The molecule has 0 bridgehead atoms. The zero-order valence-electron chi connectivity index (χ0n) is 18.4. The number of ether oxygens (including phenoxy) is 1. The minimum absolute atomic E-state index is 0.0527. The van der Waals surface area contributed by atoms with Crippen molar-refractivity contribution < 1.29 is 22.7 Å². The van der Waals surface area contributed by atoms with Gasteiger partial charge >= 0.3 is 5.97 Å². The van der Waals surface area contributed by atoms with E-state index in [9.17, 15) is 18.0 Å². The second-order valence-electron chi connectivity index (χ2n) is 7.38. The third kappa shape index (κ3) is 5.97. The summed E-state index contributed by atoms with van der Waals surface area (Å²) < 4.78 is 32.4. The van der Waals surface area contributed by atoms with E-state index in [2.05, 4.69) is 15.2 Å². The monoisotopic (exact) mass is 487 g/mol. The Labute approximate surface area is 202 Å². The van der Waals surface area contributed by atoms with Crippen molar-refractivity contribution in [1.29, 1.82) is 0 Å². The molecule has 8 nitrogen and oxygen atoms in total. The maximum absolute atomic E-state index is 12.6. The van der Waals surface area contributed by atoms with Crippen LogP contribution in [0.1, 0.15) is 15.9 Å². The second-order valence-corrected chi connectivity index (χ2v) is 9.15. The first-order valence-corrected chi connectivity index (χ1v) is 12.1. The predicted molar refractivity (Wildman–Crippen MR) is 133 cm³/mol. The molecule has 0 aliphatic heterocycles. The number of fused-ring (bicyclic) bond motifs is 1. The third-order valence-corrected chi connectivity index (χ3v) is 6.42. The van der Waals surface area contributed by atoms with Crippen LogP contribution >= 0.6 is 0 Å². The van der Waals surface area contributed by atoms with Crippen LogP contribution in [0.4, 0.5) is 0 Å². The fourth-order valence-electron chi connectivity index (χ4n) is 3.28. The van der Waals surface area contributed by atoms with Gasteiger partial charge in [-0.15, -0.1) is 0 Å². The number of rotatable bonds is 8. The lowest BCUT2D eigenvalue weighted by molar-refractivity contribution is -0.119. The molecule has 0 aliphatic rings. The smallest absolute Gasteiger partial charge is 0.343 e. The molecule has 176 valence electrons. The highest BCUT2D eigenvalue weighted by Crippen LogP contribution is 2.27. The van der Waals surface area contributed by atoms with Crippen LogP contribution in [-0.2, 0) is 14.8 Å². The molecule has 0 aliphatic carbocycles. The highest BCUT2D eigenvalue weighted by atomic mass is 32.2. The second kappa shape index (κ2) is 10.7. The largest absolute Gasteiger partial charge is 0.422 e. The Morgan fingerprint density at radius 1 is 0.829 bits per heavy atom. The number of carbonyl (C=O) groups is 2. The molecular weight excluding hydrogens is 466 g/mol. The zero-order chi connectivity index (χ0) is 24.7. The normalized spacial score (nSPS) is 11.4. The van der Waals surface area contributed by atoms with Crippen molar-refractivity contribution in [2.24, 2.45) is 5.10 Å². The first-order chi connectivity index (χ1) is 16.9. The summed E-state index contributed by atoms with van der Waals surface area (Å²) in [5.74, 6) is -0.931. The van der Waals surface area contributed by atoms with Gasteiger partial charge in [0.2, 0.25) is 10.0 Å². The zero-order valence-corrected chi connectivity index (χ0v) is 19.2. The van der Waals surface area contributed by atoms with Gasteiger partial charge in [-0.3, -0.25) is 4.79 Å². The van der Waals surface area contributed by atoms with Gasteiger partial charge in [-0.25, -0.2) is 23.4 Å². The van der Waals surface area contributed by atoms with Gasteiger partial charge in [0, 0.05) is 5.56 Å². The molecule has 0 unspecified atom stereocenters. The van der Waals surface area contributed by atoms with Crippen LogP contribution in [0.3, 0.4) is 0 Å². The van der Waals surface area contributed by atoms with Crippen molar-refractivity contribution in [2.75, 3.05) is 6.54 Å². The molecule has 0 fully saturated rings. The van der Waals surface area contributed by atoms with Crippen molar-refractivity contribution in [1.82, 2.24) is 10.1 Å². The molecular formula is C26H21N3O5S. The van der Waals surface area contributed by atoms with E-state index in [4.69, 9.17) is 4.74 Å². The number of hydrogen-bond donors (Lipinski definition) is 2. The average molecular weight is 488 g/mol. The number of esters is 1. The topological polar surface area (TPSA) is 114 Å². The first kappa shape index (κ1) is 23.8. The molecule has 4 rings (SSSR count). The van der Waals surface area contributed by atoms with Crippen LogP contribution < -0.4 is 14.9 Å². The summed E-state index contributed by atoms with van der Waals surface area (Å²) >= 11 is 0. The fourth-order valence-corrected chi connectivity index (χ4v) is 4.29. The van der Waals surface area contributed by atoms with Gasteiger partial charge in [0.05, 0.1) is 23.2 Å². The minimum Gasteiger partial charge on any atom is -0.422 e. The van der Waals surface area contributed by atoms with Gasteiger partial charge in [0.25, 0.3) is 5.91 Å². The van der Waals surface area contributed by atoms with Crippen molar-refractivity contribution in [3.8, 4) is 5.75 Å². The third-order valence-electron chi connectivity index (χ3n) is 5.00. The van der Waals surface area contributed by atoms with Gasteiger partial charge in [-0.1, -0.05) is 66.7 Å². The summed E-state index contributed by atoms with van der Waals surface area (Å²) in [7, 11) is -3.83. The molecule has 0 atom stereocenters. The van der Waals surface area contributed by atoms with E-state index in [1.165, 1.54) is 18.3 Å². The number of amides is 1. The Hall–Kier alpha value is -4.34. The molecule has 0 saturated heterocycles. The summed E-state index contributed by atoms with van der Waals surface area (Å²) in [4.78, 5) is 24.8. The summed E-state index contributed by atoms with van der Waals surface area (Å²) in [5, 5.41) is 5.60. The number of carbonyl (C=O) groups excluding carboxylic acids is 2. The van der Waals surface area contributed by atoms with Crippen molar-refractivity contribution >= 4 is 38.9 Å². The summed E-state index contributed by atoms with van der Waals surface area (Å²) in [5.41, 5.74) is 3.17. The van der Waals surface area contributed by atoms with E-state index in [0.29, 0.717) is 11.1 Å². The number of sulfonamides is 1. The van der Waals surface area contributed by atoms with Gasteiger partial charge < -0.3 is 4.74 Å². The lowest BCUT2D eigenvalue weighted by atomic mass is 10.0. The number of benzene rings is 4. The van der Waals surface area contributed by atoms with E-state index in [1.54, 1.807) is 54.6 Å². The van der Waals surface area contributed by atoms with Gasteiger partial charge in [0.1, 0.15) is 5.75 Å². The number of nitrogens with zero attached hydrogens (tertiary/aromatic N) is 1. The predicted octanol–water partition coefficient (Wildman–Crippen LogP) is 3.49. The molecule has 4 aromatic carbocycles. The summed E-state index contributed by atoms with van der Waals surface area (Å²) in [6.45, 7) is -0.500. The number of nitrogens with one attached hydrogen (secondary N) is 2. The van der Waals surface area contributed by atoms with Crippen LogP contribution in [0.15, 0.2) is 107 Å². The van der Waals surface area contributed by atoms with Gasteiger partial charge in [-0.2, -0.15) is 5.10 Å². The fraction of sp³-hybridized carbons (Fsp3) is 0.0385. The molecule has 0 aromatic heterocycles. The van der Waals surface area contributed by atoms with Crippen LogP contribution in [0.5, 0.6) is 5.75 Å². The molecule has 2 N–H and O–H groups in total. The summed E-state index contributed by atoms with van der Waals surface area (Å²) in [6.07, 6.45) is 1.36. The van der Waals surface area contributed by atoms with E-state index in [1.807, 2.05) is 30.3 Å². The Balaban J connectivity index is 1.49. The van der Waals surface area contributed by atoms with Gasteiger partial charge in [0.15, 0.2) is 0 Å². The molecule has 0 heterocycles. The van der Waals surface area contributed by atoms with E-state index >= 15 is 0 Å². The van der Waals surface area contributed by atoms with E-state index in [0.717, 1.165) is 10.8 Å². The molecule has 4 aromatic rings. The standard InChI is InChI=1S/C26H21N3O5S/c30-25(18-28-35(32,33)21-12-5-2-6-13-21)29-27-17-23-22-14-8-7-9-19(22)15-16-24(23)34-26(31)20-10-3-1-4-11-20/h1-17,28H,18H2,(H,29,30)/b27-17+. The molecule has 0 spiro atoms. The molecule has 0 saturated carbocycles. The van der Waals surface area contributed by atoms with Crippen LogP contribution in [0.2, 0.25) is 0 Å². The van der Waals surface area contributed by atoms with Crippen molar-refractivity contribution in [3.05, 3.63) is 108 Å². The van der Waals surface area contributed by atoms with Crippen LogP contribution in [0.25, 0.3) is 10.8 Å². The van der Waals surface area contributed by atoms with E-state index in [-0.39, 0.29) is 10.6 Å². The number of hydrazone groups is 1. The summed E-state index contributed by atoms with van der Waals surface area (Å²) in [6, 6.07) is 27.2. The molecule has 1 amide bonds. The van der Waals surface area contributed by atoms with Crippen molar-refractivity contribution in [3.63, 3.8) is 0 Å². The first-order valence-electron chi connectivity index (χ1n) is 10.6. The SMILES string of the molecule is O=C(CNS(=O)(=O)c1ccccc1)N/N=C/c1c(OC(=O)c2ccccc2)ccc2ccccc12. The van der Waals surface area contributed by atoms with Crippen LogP contribution in [0, 0.1) is 0 Å². The maximum atomic E-state index is 12.6. The molecule has 9 heteroatoms. The highest BCUT2D eigenvalue weighted by Gasteiger charge is 2.15. The lowest BCUT2D eigenvalue weighted by Crippen LogP contribution is -2.34. The lowest BCUT2D eigenvalue weighted by Gasteiger charge is -2.10. The van der Waals surface area contributed by atoms with Crippen LogP contribution in [-0.4, -0.2) is 33.1 Å². The van der Waals surface area contributed by atoms with Gasteiger partial charge in [-0.05, 0) is 41.1 Å². The average Bonchev–Trinajstić information content (AvgIpc) is 2.89. The van der Waals surface area contributed by atoms with E-state index < -0.39 is 28.4 Å². The Kier molecular flexibility index (Phi) is 7.30.